The minimum absolute atomic E-state index is 0.119. The van der Waals surface area contributed by atoms with Crippen molar-refractivity contribution in [2.75, 3.05) is 17.0 Å². The molecule has 0 aliphatic carbocycles. The molecule has 5 heteroatoms. The van der Waals surface area contributed by atoms with Crippen LogP contribution in [-0.4, -0.2) is 20.7 Å². The number of hydrogen-bond acceptors (Lipinski definition) is 3. The first-order valence-electron chi connectivity index (χ1n) is 7.68. The molecule has 0 aromatic heterocycles. The topological polar surface area (TPSA) is 58.2 Å². The van der Waals surface area contributed by atoms with Crippen LogP contribution in [0.25, 0.3) is 0 Å². The van der Waals surface area contributed by atoms with Crippen molar-refractivity contribution in [2.45, 2.75) is 46.6 Å². The Labute approximate surface area is 129 Å². The summed E-state index contributed by atoms with van der Waals surface area (Å²) >= 11 is 0. The first-order chi connectivity index (χ1) is 9.85. The molecule has 0 aliphatic heterocycles. The summed E-state index contributed by atoms with van der Waals surface area (Å²) in [6.07, 6.45) is 1.72. The van der Waals surface area contributed by atoms with Gasteiger partial charge in [-0.15, -0.1) is 0 Å². The minimum Gasteiger partial charge on any atom is -0.310 e. The van der Waals surface area contributed by atoms with Crippen molar-refractivity contribution in [2.24, 2.45) is 5.92 Å². The van der Waals surface area contributed by atoms with Crippen molar-refractivity contribution < 1.29 is 8.42 Å². The molecule has 0 saturated carbocycles. The molecule has 21 heavy (non-hydrogen) atoms. The summed E-state index contributed by atoms with van der Waals surface area (Å²) in [7, 11) is -3.28. The summed E-state index contributed by atoms with van der Waals surface area (Å²) in [6, 6.07) is 7.70. The standard InChI is InChI=1S/C16H28N2O2S/c1-5-11-17-14(4)15-8-6-7-9-16(15)18-21(19,20)12-10-13(2)3/h6-9,13-14,17-18H,5,10-12H2,1-4H3. The molecule has 1 atom stereocenters. The SMILES string of the molecule is CCCNC(C)c1ccccc1NS(=O)(=O)CCC(C)C. The van der Waals surface area contributed by atoms with E-state index in [1.165, 1.54) is 0 Å². The lowest BCUT2D eigenvalue weighted by Crippen LogP contribution is -2.23. The van der Waals surface area contributed by atoms with Crippen molar-refractivity contribution in [1.82, 2.24) is 5.32 Å². The monoisotopic (exact) mass is 312 g/mol. The smallest absolute Gasteiger partial charge is 0.232 e. The van der Waals surface area contributed by atoms with E-state index in [-0.39, 0.29) is 11.8 Å². The average Bonchev–Trinajstić information content (AvgIpc) is 2.43. The zero-order valence-corrected chi connectivity index (χ0v) is 14.3. The molecule has 1 aromatic rings. The third-order valence-corrected chi connectivity index (χ3v) is 4.66. The fraction of sp³-hybridized carbons (Fsp3) is 0.625. The fourth-order valence-corrected chi connectivity index (χ4v) is 3.45. The van der Waals surface area contributed by atoms with Gasteiger partial charge in [-0.05, 0) is 43.9 Å². The second-order valence-corrected chi connectivity index (χ2v) is 7.71. The molecule has 1 unspecified atom stereocenters. The van der Waals surface area contributed by atoms with E-state index in [0.717, 1.165) is 18.5 Å². The average molecular weight is 312 g/mol. The van der Waals surface area contributed by atoms with E-state index >= 15 is 0 Å². The molecule has 0 amide bonds. The van der Waals surface area contributed by atoms with Crippen molar-refractivity contribution in [3.63, 3.8) is 0 Å². The third kappa shape index (κ3) is 6.48. The second kappa shape index (κ2) is 8.39. The Bertz CT molecular complexity index is 527. The van der Waals surface area contributed by atoms with Gasteiger partial charge >= 0.3 is 0 Å². The molecule has 0 bridgehead atoms. The first kappa shape index (κ1) is 18.0. The van der Waals surface area contributed by atoms with E-state index in [1.807, 2.05) is 38.1 Å². The molecule has 0 spiro atoms. The molecule has 0 aliphatic rings. The normalized spacial score (nSPS) is 13.4. The number of anilines is 1. The second-order valence-electron chi connectivity index (χ2n) is 5.87. The lowest BCUT2D eigenvalue weighted by molar-refractivity contribution is 0.570. The van der Waals surface area contributed by atoms with Crippen LogP contribution in [0.2, 0.25) is 0 Å². The highest BCUT2D eigenvalue weighted by Crippen LogP contribution is 2.23. The number of sulfonamides is 1. The molecular weight excluding hydrogens is 284 g/mol. The van der Waals surface area contributed by atoms with Crippen molar-refractivity contribution in [1.29, 1.82) is 0 Å². The Morgan fingerprint density at radius 1 is 1.14 bits per heavy atom. The minimum atomic E-state index is -3.28. The van der Waals surface area contributed by atoms with Gasteiger partial charge < -0.3 is 5.32 Å². The Balaban J connectivity index is 2.83. The number of benzene rings is 1. The molecule has 120 valence electrons. The maximum absolute atomic E-state index is 12.2. The molecule has 0 radical (unpaired) electrons. The zero-order chi connectivity index (χ0) is 15.9. The predicted octanol–water partition coefficient (Wildman–Crippen LogP) is 3.54. The molecule has 0 fully saturated rings. The molecule has 1 aromatic carbocycles. The lowest BCUT2D eigenvalue weighted by atomic mass is 10.1. The Morgan fingerprint density at radius 3 is 2.43 bits per heavy atom. The summed E-state index contributed by atoms with van der Waals surface area (Å²) in [5.74, 6) is 0.539. The zero-order valence-electron chi connectivity index (χ0n) is 13.5. The van der Waals surface area contributed by atoms with E-state index in [9.17, 15) is 8.42 Å². The van der Waals surface area contributed by atoms with Crippen LogP contribution in [0.5, 0.6) is 0 Å². The molecule has 0 saturated heterocycles. The highest BCUT2D eigenvalue weighted by molar-refractivity contribution is 7.92. The maximum atomic E-state index is 12.2. The van der Waals surface area contributed by atoms with Crippen molar-refractivity contribution in [3.05, 3.63) is 29.8 Å². The Hall–Kier alpha value is -1.07. The van der Waals surface area contributed by atoms with Gasteiger partial charge in [0.2, 0.25) is 10.0 Å². The third-order valence-electron chi connectivity index (χ3n) is 3.36. The van der Waals surface area contributed by atoms with E-state index in [0.29, 0.717) is 18.0 Å². The summed E-state index contributed by atoms with van der Waals surface area (Å²) < 4.78 is 27.1. The quantitative estimate of drug-likeness (QED) is 0.733. The van der Waals surface area contributed by atoms with Gasteiger partial charge in [0.05, 0.1) is 11.4 Å². The van der Waals surface area contributed by atoms with Gasteiger partial charge in [0.1, 0.15) is 0 Å². The summed E-state index contributed by atoms with van der Waals surface area (Å²) in [5, 5.41) is 3.39. The van der Waals surface area contributed by atoms with Crippen LogP contribution in [0.4, 0.5) is 5.69 Å². The van der Waals surface area contributed by atoms with Crippen LogP contribution >= 0.6 is 0 Å². The van der Waals surface area contributed by atoms with Crippen molar-refractivity contribution >= 4 is 15.7 Å². The molecule has 1 rings (SSSR count). The summed E-state index contributed by atoms with van der Waals surface area (Å²) in [4.78, 5) is 0. The van der Waals surface area contributed by atoms with Gasteiger partial charge in [0, 0.05) is 6.04 Å². The maximum Gasteiger partial charge on any atom is 0.232 e. The number of para-hydroxylation sites is 1. The van der Waals surface area contributed by atoms with Gasteiger partial charge in [0.25, 0.3) is 0 Å². The predicted molar refractivity (Wildman–Crippen MR) is 90.0 cm³/mol. The number of nitrogens with one attached hydrogen (secondary N) is 2. The fourth-order valence-electron chi connectivity index (χ4n) is 2.05. The van der Waals surface area contributed by atoms with Crippen LogP contribution in [0.1, 0.15) is 52.1 Å². The highest BCUT2D eigenvalue weighted by atomic mass is 32.2. The van der Waals surface area contributed by atoms with Crippen LogP contribution < -0.4 is 10.0 Å². The van der Waals surface area contributed by atoms with E-state index in [1.54, 1.807) is 0 Å². The molecule has 4 nitrogen and oxygen atoms in total. The largest absolute Gasteiger partial charge is 0.310 e. The summed E-state index contributed by atoms with van der Waals surface area (Å²) in [5.41, 5.74) is 1.66. The van der Waals surface area contributed by atoms with E-state index in [2.05, 4.69) is 23.9 Å². The Morgan fingerprint density at radius 2 is 1.81 bits per heavy atom. The van der Waals surface area contributed by atoms with Crippen molar-refractivity contribution in [3.8, 4) is 0 Å². The van der Waals surface area contributed by atoms with Crippen LogP contribution in [-0.2, 0) is 10.0 Å². The van der Waals surface area contributed by atoms with Crippen LogP contribution in [0, 0.1) is 5.92 Å². The van der Waals surface area contributed by atoms with Gasteiger partial charge in [-0.3, -0.25) is 4.72 Å². The lowest BCUT2D eigenvalue weighted by Gasteiger charge is -2.19. The van der Waals surface area contributed by atoms with Gasteiger partial charge in [-0.25, -0.2) is 8.42 Å². The Kier molecular flexibility index (Phi) is 7.18. The van der Waals surface area contributed by atoms with E-state index < -0.39 is 10.0 Å². The number of rotatable bonds is 9. The molecular formula is C16H28N2O2S. The molecule has 0 heterocycles. The number of hydrogen-bond donors (Lipinski definition) is 2. The van der Waals surface area contributed by atoms with Gasteiger partial charge in [0.15, 0.2) is 0 Å². The van der Waals surface area contributed by atoms with E-state index in [4.69, 9.17) is 0 Å². The first-order valence-corrected chi connectivity index (χ1v) is 9.33. The molecule has 2 N–H and O–H groups in total. The van der Waals surface area contributed by atoms with Gasteiger partial charge in [-0.1, -0.05) is 39.0 Å². The highest BCUT2D eigenvalue weighted by Gasteiger charge is 2.15. The van der Waals surface area contributed by atoms with Crippen LogP contribution in [0.15, 0.2) is 24.3 Å². The van der Waals surface area contributed by atoms with Crippen LogP contribution in [0.3, 0.4) is 0 Å². The van der Waals surface area contributed by atoms with Gasteiger partial charge in [-0.2, -0.15) is 0 Å². The summed E-state index contributed by atoms with van der Waals surface area (Å²) in [6.45, 7) is 9.13.